The number of rotatable bonds is 2. The third-order valence-corrected chi connectivity index (χ3v) is 2.59. The van der Waals surface area contributed by atoms with Gasteiger partial charge in [-0.3, -0.25) is 11.3 Å². The van der Waals surface area contributed by atoms with Crippen molar-refractivity contribution in [3.8, 4) is 5.75 Å². The van der Waals surface area contributed by atoms with E-state index >= 15 is 0 Å². The van der Waals surface area contributed by atoms with Crippen LogP contribution < -0.4 is 11.3 Å². The SMILES string of the molecule is NNCc1cc(Br)c(O)c(Br)c1. The van der Waals surface area contributed by atoms with Crippen LogP contribution in [0.5, 0.6) is 5.75 Å². The molecule has 0 unspecified atom stereocenters. The van der Waals surface area contributed by atoms with E-state index in [1.807, 2.05) is 0 Å². The number of nitrogens with two attached hydrogens (primary N) is 1. The average molecular weight is 296 g/mol. The van der Waals surface area contributed by atoms with Crippen LogP contribution in [0, 0.1) is 0 Å². The van der Waals surface area contributed by atoms with Gasteiger partial charge in [-0.2, -0.15) is 0 Å². The number of hydrogen-bond acceptors (Lipinski definition) is 3. The Balaban J connectivity index is 3.04. The lowest BCUT2D eigenvalue weighted by atomic mass is 10.2. The zero-order valence-electron chi connectivity index (χ0n) is 6.14. The highest BCUT2D eigenvalue weighted by Crippen LogP contribution is 2.33. The van der Waals surface area contributed by atoms with Crippen LogP contribution in [-0.4, -0.2) is 5.11 Å². The van der Waals surface area contributed by atoms with Crippen molar-refractivity contribution in [3.63, 3.8) is 0 Å². The molecule has 3 nitrogen and oxygen atoms in total. The Labute approximate surface area is 87.2 Å². The number of hydrazine groups is 1. The monoisotopic (exact) mass is 294 g/mol. The van der Waals surface area contributed by atoms with Gasteiger partial charge in [0, 0.05) is 6.54 Å². The van der Waals surface area contributed by atoms with E-state index in [9.17, 15) is 5.11 Å². The topological polar surface area (TPSA) is 58.3 Å². The molecular weight excluding hydrogens is 288 g/mol. The molecule has 0 atom stereocenters. The Morgan fingerprint density at radius 1 is 1.33 bits per heavy atom. The number of benzene rings is 1. The Morgan fingerprint density at radius 2 is 1.83 bits per heavy atom. The van der Waals surface area contributed by atoms with Gasteiger partial charge in [0.15, 0.2) is 0 Å². The molecule has 0 heterocycles. The summed E-state index contributed by atoms with van der Waals surface area (Å²) >= 11 is 6.44. The first kappa shape index (κ1) is 9.98. The Hall–Kier alpha value is -0.100. The smallest absolute Gasteiger partial charge is 0.143 e. The van der Waals surface area contributed by atoms with Crippen molar-refractivity contribution in [2.45, 2.75) is 6.54 Å². The Kier molecular flexibility index (Phi) is 3.52. The molecule has 1 aromatic rings. The van der Waals surface area contributed by atoms with Gasteiger partial charge < -0.3 is 5.11 Å². The van der Waals surface area contributed by atoms with Gasteiger partial charge in [-0.1, -0.05) is 0 Å². The van der Waals surface area contributed by atoms with Crippen molar-refractivity contribution in [3.05, 3.63) is 26.6 Å². The molecule has 0 aromatic heterocycles. The lowest BCUT2D eigenvalue weighted by molar-refractivity contribution is 0.468. The van der Waals surface area contributed by atoms with Gasteiger partial charge in [-0.25, -0.2) is 0 Å². The predicted octanol–water partition coefficient (Wildman–Crippen LogP) is 1.88. The minimum atomic E-state index is 0.204. The molecule has 0 saturated heterocycles. The van der Waals surface area contributed by atoms with Crippen molar-refractivity contribution in [1.82, 2.24) is 5.43 Å². The molecule has 0 saturated carbocycles. The second kappa shape index (κ2) is 4.23. The molecule has 5 heteroatoms. The molecule has 0 bridgehead atoms. The third-order valence-electron chi connectivity index (χ3n) is 1.38. The van der Waals surface area contributed by atoms with Gasteiger partial charge in [0.1, 0.15) is 5.75 Å². The predicted molar refractivity (Wildman–Crippen MR) is 54.5 cm³/mol. The van der Waals surface area contributed by atoms with Crippen LogP contribution in [0.25, 0.3) is 0 Å². The number of aromatic hydroxyl groups is 1. The van der Waals surface area contributed by atoms with Gasteiger partial charge in [-0.05, 0) is 49.6 Å². The highest BCUT2D eigenvalue weighted by atomic mass is 79.9. The summed E-state index contributed by atoms with van der Waals surface area (Å²) < 4.78 is 1.31. The molecule has 12 heavy (non-hydrogen) atoms. The lowest BCUT2D eigenvalue weighted by Crippen LogP contribution is -2.20. The fraction of sp³-hybridized carbons (Fsp3) is 0.143. The molecule has 0 fully saturated rings. The summed E-state index contributed by atoms with van der Waals surface area (Å²) in [4.78, 5) is 0. The van der Waals surface area contributed by atoms with E-state index in [2.05, 4.69) is 37.3 Å². The van der Waals surface area contributed by atoms with Crippen molar-refractivity contribution in [1.29, 1.82) is 0 Å². The molecule has 0 aliphatic carbocycles. The second-order valence-corrected chi connectivity index (χ2v) is 4.00. The zero-order chi connectivity index (χ0) is 9.14. The summed E-state index contributed by atoms with van der Waals surface area (Å²) in [6.45, 7) is 0.567. The second-order valence-electron chi connectivity index (χ2n) is 2.29. The third kappa shape index (κ3) is 2.20. The first-order chi connectivity index (χ1) is 5.65. The summed E-state index contributed by atoms with van der Waals surface area (Å²) in [5.41, 5.74) is 3.53. The van der Waals surface area contributed by atoms with Crippen LogP contribution in [0.4, 0.5) is 0 Å². The first-order valence-electron chi connectivity index (χ1n) is 3.25. The summed E-state index contributed by atoms with van der Waals surface area (Å²) in [6, 6.07) is 3.61. The molecule has 1 rings (SSSR count). The van der Waals surface area contributed by atoms with Crippen LogP contribution >= 0.6 is 31.9 Å². The van der Waals surface area contributed by atoms with E-state index in [4.69, 9.17) is 5.84 Å². The maximum absolute atomic E-state index is 9.35. The van der Waals surface area contributed by atoms with Crippen molar-refractivity contribution in [2.75, 3.05) is 0 Å². The van der Waals surface area contributed by atoms with Crippen molar-refractivity contribution >= 4 is 31.9 Å². The quantitative estimate of drug-likeness (QED) is 0.577. The van der Waals surface area contributed by atoms with Crippen LogP contribution in [0.15, 0.2) is 21.1 Å². The van der Waals surface area contributed by atoms with Gasteiger partial charge in [0.2, 0.25) is 0 Å². The molecule has 66 valence electrons. The van der Waals surface area contributed by atoms with E-state index < -0.39 is 0 Å². The van der Waals surface area contributed by atoms with Crippen LogP contribution in [0.2, 0.25) is 0 Å². The van der Waals surface area contributed by atoms with Gasteiger partial charge in [0.05, 0.1) is 8.95 Å². The summed E-state index contributed by atoms with van der Waals surface area (Å²) in [5, 5.41) is 9.35. The molecule has 0 amide bonds. The van der Waals surface area contributed by atoms with E-state index in [0.29, 0.717) is 15.5 Å². The number of halogens is 2. The summed E-state index contributed by atoms with van der Waals surface area (Å²) in [7, 11) is 0. The van der Waals surface area contributed by atoms with E-state index in [1.54, 1.807) is 12.1 Å². The Morgan fingerprint density at radius 3 is 2.25 bits per heavy atom. The standard InChI is InChI=1S/C7H8Br2N2O/c8-5-1-4(3-11-10)2-6(9)7(5)12/h1-2,11-12H,3,10H2. The largest absolute Gasteiger partial charge is 0.506 e. The first-order valence-corrected chi connectivity index (χ1v) is 4.84. The van der Waals surface area contributed by atoms with Gasteiger partial charge in [-0.15, -0.1) is 0 Å². The van der Waals surface area contributed by atoms with Crippen molar-refractivity contribution in [2.24, 2.45) is 5.84 Å². The molecule has 1 aromatic carbocycles. The molecule has 0 aliphatic heterocycles. The van der Waals surface area contributed by atoms with Gasteiger partial charge in [0.25, 0.3) is 0 Å². The highest BCUT2D eigenvalue weighted by Gasteiger charge is 2.04. The van der Waals surface area contributed by atoms with Crippen molar-refractivity contribution < 1.29 is 5.11 Å². The number of hydrogen-bond donors (Lipinski definition) is 3. The Bertz CT molecular complexity index is 268. The average Bonchev–Trinajstić information content (AvgIpc) is 2.01. The van der Waals surface area contributed by atoms with E-state index in [0.717, 1.165) is 5.56 Å². The molecular formula is C7H8Br2N2O. The minimum Gasteiger partial charge on any atom is -0.506 e. The van der Waals surface area contributed by atoms with E-state index in [-0.39, 0.29) is 5.75 Å². The zero-order valence-corrected chi connectivity index (χ0v) is 9.31. The fourth-order valence-corrected chi connectivity index (χ4v) is 2.12. The summed E-state index contributed by atoms with van der Waals surface area (Å²) in [5.74, 6) is 5.36. The number of phenolic OH excluding ortho intramolecular Hbond substituents is 1. The van der Waals surface area contributed by atoms with E-state index in [1.165, 1.54) is 0 Å². The highest BCUT2D eigenvalue weighted by molar-refractivity contribution is 9.11. The molecule has 4 N–H and O–H groups in total. The molecule has 0 spiro atoms. The summed E-state index contributed by atoms with van der Waals surface area (Å²) in [6.07, 6.45) is 0. The van der Waals surface area contributed by atoms with Crippen LogP contribution in [0.1, 0.15) is 5.56 Å². The number of phenols is 1. The maximum atomic E-state index is 9.35. The van der Waals surface area contributed by atoms with Crippen LogP contribution in [-0.2, 0) is 6.54 Å². The van der Waals surface area contributed by atoms with Gasteiger partial charge >= 0.3 is 0 Å². The molecule has 0 aliphatic rings. The molecule has 0 radical (unpaired) electrons. The lowest BCUT2D eigenvalue weighted by Gasteiger charge is -2.04. The number of nitrogens with one attached hydrogen (secondary N) is 1. The normalized spacial score (nSPS) is 10.2. The maximum Gasteiger partial charge on any atom is 0.143 e. The van der Waals surface area contributed by atoms with Crippen LogP contribution in [0.3, 0.4) is 0 Å². The minimum absolute atomic E-state index is 0.204. The fourth-order valence-electron chi connectivity index (χ4n) is 0.838.